The Labute approximate surface area is 95.8 Å². The molecular formula is C8H13BrN2O2S. The van der Waals surface area contributed by atoms with E-state index in [1.807, 2.05) is 20.8 Å². The van der Waals surface area contributed by atoms with Crippen molar-refractivity contribution < 1.29 is 9.47 Å². The summed E-state index contributed by atoms with van der Waals surface area (Å²) in [5, 5.41) is 8.12. The van der Waals surface area contributed by atoms with E-state index in [-0.39, 0.29) is 5.60 Å². The summed E-state index contributed by atoms with van der Waals surface area (Å²) in [6.45, 7) is 7.08. The van der Waals surface area contributed by atoms with Gasteiger partial charge in [0, 0.05) is 0 Å². The van der Waals surface area contributed by atoms with Crippen molar-refractivity contribution in [3.05, 3.63) is 3.92 Å². The van der Waals surface area contributed by atoms with Gasteiger partial charge in [0.25, 0.3) is 5.19 Å². The molecule has 1 aromatic heterocycles. The van der Waals surface area contributed by atoms with Crippen LogP contribution in [0.2, 0.25) is 0 Å². The standard InChI is InChI=1S/C8H13BrN2O2S/c1-8(2,3)13-5-4-12-7-11-10-6(9)14-7/h4-5H2,1-3H3. The van der Waals surface area contributed by atoms with E-state index in [0.29, 0.717) is 18.4 Å². The lowest BCUT2D eigenvalue weighted by molar-refractivity contribution is -0.0163. The summed E-state index contributed by atoms with van der Waals surface area (Å²) >= 11 is 4.57. The maximum absolute atomic E-state index is 5.48. The van der Waals surface area contributed by atoms with Crippen LogP contribution in [-0.4, -0.2) is 29.0 Å². The predicted molar refractivity (Wildman–Crippen MR) is 58.8 cm³/mol. The van der Waals surface area contributed by atoms with Crippen molar-refractivity contribution >= 4 is 27.3 Å². The molecule has 0 N–H and O–H groups in total. The molecule has 0 bridgehead atoms. The van der Waals surface area contributed by atoms with Crippen LogP contribution in [0.25, 0.3) is 0 Å². The summed E-state index contributed by atoms with van der Waals surface area (Å²) in [4.78, 5) is 0. The lowest BCUT2D eigenvalue weighted by Gasteiger charge is -2.18. The van der Waals surface area contributed by atoms with Gasteiger partial charge in [-0.25, -0.2) is 0 Å². The molecular weight excluding hydrogens is 268 g/mol. The summed E-state index contributed by atoms with van der Waals surface area (Å²) in [5.41, 5.74) is -0.120. The van der Waals surface area contributed by atoms with Crippen LogP contribution >= 0.6 is 27.3 Å². The van der Waals surface area contributed by atoms with Crippen molar-refractivity contribution in [2.24, 2.45) is 0 Å². The summed E-state index contributed by atoms with van der Waals surface area (Å²) in [6, 6.07) is 0. The number of nitrogens with zero attached hydrogens (tertiary/aromatic N) is 2. The quantitative estimate of drug-likeness (QED) is 0.795. The highest BCUT2D eigenvalue weighted by atomic mass is 79.9. The number of halogens is 1. The van der Waals surface area contributed by atoms with Crippen LogP contribution in [-0.2, 0) is 4.74 Å². The molecule has 14 heavy (non-hydrogen) atoms. The third-order valence-electron chi connectivity index (χ3n) is 1.23. The molecule has 0 amide bonds. The van der Waals surface area contributed by atoms with Gasteiger partial charge in [-0.2, -0.15) is 0 Å². The molecule has 1 rings (SSSR count). The van der Waals surface area contributed by atoms with Crippen molar-refractivity contribution in [3.8, 4) is 5.19 Å². The second kappa shape index (κ2) is 5.04. The molecule has 80 valence electrons. The van der Waals surface area contributed by atoms with Gasteiger partial charge in [-0.05, 0) is 48.0 Å². The van der Waals surface area contributed by atoms with Crippen LogP contribution in [0.3, 0.4) is 0 Å². The van der Waals surface area contributed by atoms with E-state index >= 15 is 0 Å². The molecule has 0 radical (unpaired) electrons. The van der Waals surface area contributed by atoms with Crippen molar-refractivity contribution in [1.82, 2.24) is 10.2 Å². The lowest BCUT2D eigenvalue weighted by Crippen LogP contribution is -2.22. The van der Waals surface area contributed by atoms with Gasteiger partial charge in [0.15, 0.2) is 3.92 Å². The molecule has 0 atom stereocenters. The number of aromatic nitrogens is 2. The van der Waals surface area contributed by atoms with Gasteiger partial charge in [-0.3, -0.25) is 0 Å². The molecule has 0 aliphatic rings. The van der Waals surface area contributed by atoms with Gasteiger partial charge >= 0.3 is 0 Å². The monoisotopic (exact) mass is 280 g/mol. The molecule has 0 aliphatic heterocycles. The fourth-order valence-electron chi connectivity index (χ4n) is 0.728. The zero-order valence-electron chi connectivity index (χ0n) is 8.41. The number of hydrogen-bond acceptors (Lipinski definition) is 5. The van der Waals surface area contributed by atoms with Crippen LogP contribution in [0, 0.1) is 0 Å². The minimum atomic E-state index is -0.120. The molecule has 0 saturated carbocycles. The van der Waals surface area contributed by atoms with E-state index in [0.717, 1.165) is 3.92 Å². The normalized spacial score (nSPS) is 11.7. The lowest BCUT2D eigenvalue weighted by atomic mass is 10.2. The zero-order valence-corrected chi connectivity index (χ0v) is 10.8. The second-order valence-electron chi connectivity index (χ2n) is 3.63. The third kappa shape index (κ3) is 4.88. The van der Waals surface area contributed by atoms with E-state index < -0.39 is 0 Å². The Morgan fingerprint density at radius 1 is 1.29 bits per heavy atom. The number of ether oxygens (including phenoxy) is 2. The van der Waals surface area contributed by atoms with Gasteiger partial charge in [0.1, 0.15) is 6.61 Å². The zero-order chi connectivity index (χ0) is 10.6. The van der Waals surface area contributed by atoms with Gasteiger partial charge in [0.2, 0.25) is 0 Å². The molecule has 4 nitrogen and oxygen atoms in total. The number of hydrogen-bond donors (Lipinski definition) is 0. The minimum absolute atomic E-state index is 0.120. The fraction of sp³-hybridized carbons (Fsp3) is 0.750. The molecule has 0 fully saturated rings. The Bertz CT molecular complexity index is 285. The van der Waals surface area contributed by atoms with Gasteiger partial charge in [-0.1, -0.05) is 5.10 Å². The highest BCUT2D eigenvalue weighted by Crippen LogP contribution is 2.22. The van der Waals surface area contributed by atoms with Crippen molar-refractivity contribution in [3.63, 3.8) is 0 Å². The van der Waals surface area contributed by atoms with E-state index in [4.69, 9.17) is 9.47 Å². The Morgan fingerprint density at radius 3 is 2.50 bits per heavy atom. The first-order valence-electron chi connectivity index (χ1n) is 4.23. The smallest absolute Gasteiger partial charge is 0.294 e. The van der Waals surface area contributed by atoms with Gasteiger partial charge in [-0.15, -0.1) is 5.10 Å². The van der Waals surface area contributed by atoms with Crippen molar-refractivity contribution in [2.75, 3.05) is 13.2 Å². The van der Waals surface area contributed by atoms with Crippen molar-refractivity contribution in [1.29, 1.82) is 0 Å². The summed E-state index contributed by atoms with van der Waals surface area (Å²) in [7, 11) is 0. The molecule has 0 aromatic carbocycles. The van der Waals surface area contributed by atoms with Crippen molar-refractivity contribution in [2.45, 2.75) is 26.4 Å². The largest absolute Gasteiger partial charge is 0.466 e. The van der Waals surface area contributed by atoms with Crippen LogP contribution in [0.5, 0.6) is 5.19 Å². The summed E-state index contributed by atoms with van der Waals surface area (Å²) in [6.07, 6.45) is 0. The predicted octanol–water partition coefficient (Wildman–Crippen LogP) is 2.49. The third-order valence-corrected chi connectivity index (χ3v) is 2.49. The highest BCUT2D eigenvalue weighted by Gasteiger charge is 2.09. The topological polar surface area (TPSA) is 44.2 Å². The molecule has 1 heterocycles. The van der Waals surface area contributed by atoms with E-state index in [1.165, 1.54) is 11.3 Å². The second-order valence-corrected chi connectivity index (χ2v) is 5.85. The molecule has 0 unspecified atom stereocenters. The summed E-state index contributed by atoms with van der Waals surface area (Å²) < 4.78 is 11.5. The molecule has 0 saturated heterocycles. The average Bonchev–Trinajstić information content (AvgIpc) is 2.44. The van der Waals surface area contributed by atoms with E-state index in [1.54, 1.807) is 0 Å². The minimum Gasteiger partial charge on any atom is -0.466 e. The summed E-state index contributed by atoms with van der Waals surface area (Å²) in [5.74, 6) is 0. The Balaban J connectivity index is 2.16. The Hall–Kier alpha value is -0.200. The first-order valence-corrected chi connectivity index (χ1v) is 5.84. The Kier molecular flexibility index (Phi) is 4.28. The maximum Gasteiger partial charge on any atom is 0.294 e. The van der Waals surface area contributed by atoms with E-state index in [9.17, 15) is 0 Å². The van der Waals surface area contributed by atoms with E-state index in [2.05, 4.69) is 26.1 Å². The van der Waals surface area contributed by atoms with Crippen LogP contribution < -0.4 is 4.74 Å². The first-order chi connectivity index (χ1) is 6.47. The molecule has 0 spiro atoms. The van der Waals surface area contributed by atoms with Crippen LogP contribution in [0.4, 0.5) is 0 Å². The highest BCUT2D eigenvalue weighted by molar-refractivity contribution is 9.11. The van der Waals surface area contributed by atoms with Crippen LogP contribution in [0.15, 0.2) is 3.92 Å². The van der Waals surface area contributed by atoms with Crippen LogP contribution in [0.1, 0.15) is 20.8 Å². The Morgan fingerprint density at radius 2 is 2.00 bits per heavy atom. The fourth-order valence-corrected chi connectivity index (χ4v) is 1.67. The molecule has 1 aromatic rings. The SMILES string of the molecule is CC(C)(C)OCCOc1nnc(Br)s1. The maximum atomic E-state index is 5.48. The van der Waals surface area contributed by atoms with Gasteiger partial charge < -0.3 is 9.47 Å². The molecule has 6 heteroatoms. The average molecular weight is 281 g/mol. The first kappa shape index (κ1) is 11.9. The molecule has 0 aliphatic carbocycles. The number of rotatable bonds is 4. The van der Waals surface area contributed by atoms with Gasteiger partial charge in [0.05, 0.1) is 12.2 Å².